The van der Waals surface area contributed by atoms with Crippen LogP contribution in [0.3, 0.4) is 0 Å². The van der Waals surface area contributed by atoms with Crippen molar-refractivity contribution in [3.8, 4) is 0 Å². The highest BCUT2D eigenvalue weighted by Crippen LogP contribution is 2.73. The summed E-state index contributed by atoms with van der Waals surface area (Å²) in [5, 5.41) is 21.5. The SMILES string of the molecule is COC12C(OP(=O)(OCOC(=O)OC(C)C)OCOC(O)OC(C)C)C1(CF)OC(n1ccc(=O)n(COP(=O)(O)O)c1=O)C2(C)O. The Bertz CT molecular complexity index is 1480. The Morgan fingerprint density at radius 1 is 1.11 bits per heavy atom. The summed E-state index contributed by atoms with van der Waals surface area (Å²) in [5.74, 6) is 0. The number of aliphatic hydroxyl groups excluding tert-OH is 1. The number of halogens is 1. The number of fused-ring (bicyclic) bond motifs is 1. The number of methoxy groups -OCH3 is 1. The Morgan fingerprint density at radius 3 is 2.28 bits per heavy atom. The minimum atomic E-state index is -5.13. The monoisotopic (exact) mass is 726 g/mol. The molecule has 24 heteroatoms. The molecule has 3 rings (SSSR count). The summed E-state index contributed by atoms with van der Waals surface area (Å²) in [4.78, 5) is 55.1. The molecule has 270 valence electrons. The maximum atomic E-state index is 14.9. The lowest BCUT2D eigenvalue weighted by Gasteiger charge is -2.35. The van der Waals surface area contributed by atoms with Gasteiger partial charge >= 0.3 is 27.5 Å². The van der Waals surface area contributed by atoms with Gasteiger partial charge in [0.25, 0.3) is 12.0 Å². The molecule has 1 aliphatic carbocycles. The van der Waals surface area contributed by atoms with Crippen molar-refractivity contribution < 1.29 is 84.8 Å². The number of aliphatic hydroxyl groups is 2. The van der Waals surface area contributed by atoms with Crippen molar-refractivity contribution in [3.05, 3.63) is 33.1 Å². The Kier molecular flexibility index (Phi) is 12.3. The summed E-state index contributed by atoms with van der Waals surface area (Å²) < 4.78 is 90.8. The van der Waals surface area contributed by atoms with Crippen LogP contribution >= 0.6 is 15.6 Å². The van der Waals surface area contributed by atoms with Gasteiger partial charge in [-0.3, -0.25) is 22.9 Å². The van der Waals surface area contributed by atoms with Crippen LogP contribution in [0, 0.1) is 0 Å². The van der Waals surface area contributed by atoms with Crippen LogP contribution in [0.4, 0.5) is 9.18 Å². The number of phosphoric acid groups is 2. The molecule has 1 saturated heterocycles. The molecular weight excluding hydrogens is 689 g/mol. The van der Waals surface area contributed by atoms with E-state index in [9.17, 15) is 38.1 Å². The van der Waals surface area contributed by atoms with E-state index >= 15 is 0 Å². The fourth-order valence-corrected chi connectivity index (χ4v) is 6.35. The first-order chi connectivity index (χ1) is 21.7. The highest BCUT2D eigenvalue weighted by molar-refractivity contribution is 7.48. The van der Waals surface area contributed by atoms with Crippen molar-refractivity contribution in [1.82, 2.24) is 9.13 Å². The number of hydrogen-bond donors (Lipinski definition) is 4. The fraction of sp³-hybridized carbons (Fsp3) is 0.783. The Hall–Kier alpha value is -2.14. The zero-order chi connectivity index (χ0) is 35.6. The third-order valence-electron chi connectivity index (χ3n) is 6.88. The predicted molar refractivity (Wildman–Crippen MR) is 148 cm³/mol. The van der Waals surface area contributed by atoms with E-state index in [0.717, 1.165) is 26.3 Å². The van der Waals surface area contributed by atoms with Gasteiger partial charge in [0.2, 0.25) is 6.79 Å². The van der Waals surface area contributed by atoms with Crippen LogP contribution in [-0.2, 0) is 62.4 Å². The molecule has 1 aromatic heterocycles. The van der Waals surface area contributed by atoms with Crippen LogP contribution in [0.2, 0.25) is 0 Å². The van der Waals surface area contributed by atoms with Crippen molar-refractivity contribution in [2.75, 3.05) is 27.4 Å². The van der Waals surface area contributed by atoms with Gasteiger partial charge in [-0.1, -0.05) is 0 Å². The number of ether oxygens (including phenoxy) is 6. The number of alkyl halides is 1. The first-order valence-electron chi connectivity index (χ1n) is 13.6. The molecule has 1 aromatic rings. The minimum Gasteiger partial charge on any atom is -0.432 e. The van der Waals surface area contributed by atoms with E-state index in [1.807, 2.05) is 0 Å². The number of hydrogen-bond acceptors (Lipinski definition) is 17. The maximum Gasteiger partial charge on any atom is 0.510 e. The highest BCUT2D eigenvalue weighted by atomic mass is 31.2. The molecular formula is C23H37FN2O19P2. The first-order valence-corrected chi connectivity index (χ1v) is 16.6. The van der Waals surface area contributed by atoms with Gasteiger partial charge in [-0.2, -0.15) is 0 Å². The van der Waals surface area contributed by atoms with Crippen LogP contribution in [0.1, 0.15) is 40.8 Å². The zero-order valence-corrected chi connectivity index (χ0v) is 27.7. The van der Waals surface area contributed by atoms with Gasteiger partial charge in [-0.15, -0.1) is 0 Å². The molecule has 2 aliphatic rings. The lowest BCUT2D eigenvalue weighted by molar-refractivity contribution is -0.295. The average molecular weight is 726 g/mol. The largest absolute Gasteiger partial charge is 0.510 e. The van der Waals surface area contributed by atoms with Gasteiger partial charge in [0.05, 0.1) is 12.2 Å². The van der Waals surface area contributed by atoms with E-state index in [1.54, 1.807) is 13.8 Å². The molecule has 0 radical (unpaired) electrons. The molecule has 0 aromatic carbocycles. The van der Waals surface area contributed by atoms with Gasteiger partial charge < -0.3 is 48.4 Å². The number of rotatable bonds is 18. The summed E-state index contributed by atoms with van der Waals surface area (Å²) in [5.41, 5.74) is -9.42. The number of aromatic nitrogens is 2. The fourth-order valence-electron chi connectivity index (χ4n) is 4.94. The van der Waals surface area contributed by atoms with Gasteiger partial charge in [0.15, 0.2) is 24.2 Å². The van der Waals surface area contributed by atoms with Crippen LogP contribution in [0.25, 0.3) is 0 Å². The van der Waals surface area contributed by atoms with Gasteiger partial charge in [0.1, 0.15) is 25.1 Å². The Morgan fingerprint density at radius 2 is 1.74 bits per heavy atom. The summed E-state index contributed by atoms with van der Waals surface area (Å²) in [6.07, 6.45) is -5.14. The molecule has 2 heterocycles. The van der Waals surface area contributed by atoms with Crippen LogP contribution in [0.5, 0.6) is 0 Å². The van der Waals surface area contributed by atoms with Crippen LogP contribution < -0.4 is 11.2 Å². The molecule has 7 unspecified atom stereocenters. The molecule has 21 nitrogen and oxygen atoms in total. The molecule has 0 amide bonds. The van der Waals surface area contributed by atoms with E-state index < -0.39 is 108 Å². The quantitative estimate of drug-likeness (QED) is 0.0893. The molecule has 1 aliphatic heterocycles. The van der Waals surface area contributed by atoms with E-state index in [0.29, 0.717) is 4.57 Å². The lowest BCUT2D eigenvalue weighted by Crippen LogP contribution is -2.53. The van der Waals surface area contributed by atoms with E-state index in [-0.39, 0.29) is 4.57 Å². The smallest absolute Gasteiger partial charge is 0.432 e. The third kappa shape index (κ3) is 8.19. The summed E-state index contributed by atoms with van der Waals surface area (Å²) in [6.45, 7) is 0.528. The zero-order valence-electron chi connectivity index (χ0n) is 25.9. The normalized spacial score (nSPS) is 29.0. The second kappa shape index (κ2) is 14.8. The van der Waals surface area contributed by atoms with E-state index in [2.05, 4.69) is 9.26 Å². The molecule has 47 heavy (non-hydrogen) atoms. The van der Waals surface area contributed by atoms with Crippen LogP contribution in [-0.4, -0.2) is 104 Å². The molecule has 0 bridgehead atoms. The van der Waals surface area contributed by atoms with Crippen LogP contribution in [0.15, 0.2) is 21.9 Å². The first kappa shape index (κ1) is 39.3. The second-order valence-corrected chi connectivity index (χ2v) is 13.6. The summed E-state index contributed by atoms with van der Waals surface area (Å²) in [7, 11) is -9.15. The Labute approximate surface area is 265 Å². The standard InChI is InChI=1S/C23H37FN2O19P2/c1-13(2)42-19(29)37-11-40-47(35,41-12-38-20(30)43-14(3)4)45-16-22(9-24)23(16,36-6)21(5,31)17(44-22)25-8-7-15(27)26(18(25)28)10-39-46(32,33)34/h7-8,13-14,16-17,19,29,31H,9-12H2,1-6H3,(H2,32,33,34). The average Bonchev–Trinajstić information content (AvgIpc) is 3.42. The number of carbonyl (C=O) groups excluding carboxylic acids is 1. The molecule has 2 fully saturated rings. The summed E-state index contributed by atoms with van der Waals surface area (Å²) >= 11 is 0. The van der Waals surface area contributed by atoms with Crippen molar-refractivity contribution in [2.24, 2.45) is 0 Å². The van der Waals surface area contributed by atoms with Gasteiger partial charge in [-0.25, -0.2) is 32.2 Å². The third-order valence-corrected chi connectivity index (χ3v) is 8.64. The van der Waals surface area contributed by atoms with Crippen molar-refractivity contribution in [1.29, 1.82) is 0 Å². The van der Waals surface area contributed by atoms with E-state index in [4.69, 9.17) is 47.0 Å². The van der Waals surface area contributed by atoms with Crippen molar-refractivity contribution in [2.45, 2.75) is 89.2 Å². The lowest BCUT2D eigenvalue weighted by atomic mass is 9.93. The number of phosphoric ester groups is 2. The molecule has 1 saturated carbocycles. The Balaban J connectivity index is 1.91. The van der Waals surface area contributed by atoms with E-state index in [1.165, 1.54) is 13.8 Å². The molecule has 0 spiro atoms. The summed E-state index contributed by atoms with van der Waals surface area (Å²) in [6, 6.07) is 0.779. The van der Waals surface area contributed by atoms with Gasteiger partial charge in [0, 0.05) is 19.4 Å². The second-order valence-electron chi connectivity index (χ2n) is 10.7. The number of nitrogens with zero attached hydrogens (tertiary/aromatic N) is 2. The van der Waals surface area contributed by atoms with Crippen molar-refractivity contribution in [3.63, 3.8) is 0 Å². The predicted octanol–water partition coefficient (Wildman–Crippen LogP) is 0.184. The minimum absolute atomic E-state index is 0.260. The van der Waals surface area contributed by atoms with Gasteiger partial charge in [-0.05, 0) is 34.6 Å². The number of carbonyl (C=O) groups is 1. The molecule has 4 N–H and O–H groups in total. The molecule has 7 atom stereocenters. The maximum absolute atomic E-state index is 14.9. The topological polar surface area (TPSA) is 268 Å². The highest BCUT2D eigenvalue weighted by Gasteiger charge is 2.94. The van der Waals surface area contributed by atoms with Crippen molar-refractivity contribution >= 4 is 21.8 Å².